The van der Waals surface area contributed by atoms with Gasteiger partial charge in [-0.3, -0.25) is 0 Å². The molecule has 1 aliphatic carbocycles. The smallest absolute Gasteiger partial charge is 0.241 e. The van der Waals surface area contributed by atoms with Crippen LogP contribution >= 0.6 is 0 Å². The first-order chi connectivity index (χ1) is 17.1. The van der Waals surface area contributed by atoms with Gasteiger partial charge in [0, 0.05) is 11.3 Å². The number of aromatic nitrogens is 5. The van der Waals surface area contributed by atoms with Crippen LogP contribution in [0.1, 0.15) is 41.9 Å². The largest absolute Gasteiger partial charge is 0.366 e. The molecule has 178 valence electrons. The van der Waals surface area contributed by atoms with Gasteiger partial charge < -0.3 is 16.0 Å². The van der Waals surface area contributed by atoms with Gasteiger partial charge in [-0.25, -0.2) is 0 Å². The maximum atomic E-state index is 5.99. The number of hydrogen-bond acceptors (Lipinski definition) is 7. The van der Waals surface area contributed by atoms with Crippen LogP contribution in [-0.2, 0) is 12.8 Å². The maximum absolute atomic E-state index is 5.99. The Kier molecular flexibility index (Phi) is 5.66. The van der Waals surface area contributed by atoms with Crippen LogP contribution in [0.25, 0.3) is 17.1 Å². The van der Waals surface area contributed by atoms with E-state index in [9.17, 15) is 0 Å². The summed E-state index contributed by atoms with van der Waals surface area (Å²) in [5.74, 6) is 1.95. The Hall–Kier alpha value is -3.78. The van der Waals surface area contributed by atoms with Gasteiger partial charge in [0.25, 0.3) is 0 Å². The number of nitrogens with one attached hydrogen (secondary N) is 1. The molecular weight excluding hydrogens is 436 g/mol. The third-order valence-corrected chi connectivity index (χ3v) is 7.22. The second kappa shape index (κ2) is 9.11. The van der Waals surface area contributed by atoms with Gasteiger partial charge >= 0.3 is 0 Å². The molecule has 0 spiro atoms. The van der Waals surface area contributed by atoms with E-state index in [1.807, 2.05) is 0 Å². The van der Waals surface area contributed by atoms with Crippen molar-refractivity contribution in [3.8, 4) is 17.1 Å². The first-order valence-corrected chi connectivity index (χ1v) is 12.4. The van der Waals surface area contributed by atoms with Crippen molar-refractivity contribution in [2.75, 3.05) is 31.2 Å². The molecule has 8 heteroatoms. The fraction of sp³-hybridized carbons (Fsp3) is 0.333. The number of fused-ring (bicyclic) bond motifs is 3. The summed E-state index contributed by atoms with van der Waals surface area (Å²) in [6.45, 7) is 2.31. The average molecular weight is 467 g/mol. The minimum atomic E-state index is 0.192. The van der Waals surface area contributed by atoms with E-state index < -0.39 is 0 Å². The van der Waals surface area contributed by atoms with E-state index >= 15 is 0 Å². The first kappa shape index (κ1) is 21.7. The Balaban J connectivity index is 1.26. The van der Waals surface area contributed by atoms with E-state index in [2.05, 4.69) is 92.1 Å². The van der Waals surface area contributed by atoms with Crippen molar-refractivity contribution in [1.82, 2.24) is 29.9 Å². The molecular formula is C27H30N8. The summed E-state index contributed by atoms with van der Waals surface area (Å²) < 4.78 is 1.64. The van der Waals surface area contributed by atoms with Gasteiger partial charge in [-0.15, -0.1) is 15.3 Å². The summed E-state index contributed by atoms with van der Waals surface area (Å²) in [6.07, 6.45) is 5.46. The molecule has 2 aromatic carbocycles. The molecule has 1 aliphatic heterocycles. The predicted molar refractivity (Wildman–Crippen MR) is 138 cm³/mol. The van der Waals surface area contributed by atoms with Crippen molar-refractivity contribution in [2.24, 2.45) is 0 Å². The number of benzene rings is 2. The number of rotatable bonds is 4. The van der Waals surface area contributed by atoms with E-state index in [4.69, 9.17) is 5.73 Å². The number of nitrogens with two attached hydrogens (primary N) is 1. The van der Waals surface area contributed by atoms with Gasteiger partial charge in [-0.1, -0.05) is 36.4 Å². The zero-order chi connectivity index (χ0) is 23.8. The standard InChI is InChI=1S/C27H30N8/c1-34-15-13-19(14-16-34)18-9-11-22(12-10-18)29-27-30-26(28)33-35(27)24-17-21-7-4-6-20-5-2-3-8-23(20)25(21)32-31-24/h2-3,5,8-12,17,19H,4,6-7,13-16H2,1H3,(H3,28,29,30,33). The molecule has 3 heterocycles. The van der Waals surface area contributed by atoms with Gasteiger partial charge in [-0.2, -0.15) is 9.67 Å². The first-order valence-electron chi connectivity index (χ1n) is 12.4. The van der Waals surface area contributed by atoms with Crippen LogP contribution in [0.5, 0.6) is 0 Å². The highest BCUT2D eigenvalue weighted by atomic mass is 15.5. The molecule has 2 aromatic heterocycles. The Morgan fingerprint density at radius 1 is 0.943 bits per heavy atom. The molecule has 1 fully saturated rings. The lowest BCUT2D eigenvalue weighted by molar-refractivity contribution is 0.255. The van der Waals surface area contributed by atoms with E-state index in [1.54, 1.807) is 4.68 Å². The predicted octanol–water partition coefficient (Wildman–Crippen LogP) is 4.35. The molecule has 0 unspecified atom stereocenters. The van der Waals surface area contributed by atoms with Crippen molar-refractivity contribution in [1.29, 1.82) is 0 Å². The van der Waals surface area contributed by atoms with Gasteiger partial charge in [0.15, 0.2) is 5.82 Å². The third kappa shape index (κ3) is 4.37. The van der Waals surface area contributed by atoms with Crippen LogP contribution in [0.4, 0.5) is 17.6 Å². The lowest BCUT2D eigenvalue weighted by Gasteiger charge is -2.29. The number of likely N-dealkylation sites (tertiary alicyclic amines) is 1. The molecule has 0 amide bonds. The van der Waals surface area contributed by atoms with Crippen LogP contribution in [0, 0.1) is 0 Å². The fourth-order valence-corrected chi connectivity index (χ4v) is 5.26. The summed E-state index contributed by atoms with van der Waals surface area (Å²) >= 11 is 0. The van der Waals surface area contributed by atoms with Crippen molar-refractivity contribution < 1.29 is 0 Å². The highest BCUT2D eigenvalue weighted by molar-refractivity contribution is 5.68. The monoisotopic (exact) mass is 466 g/mol. The Morgan fingerprint density at radius 3 is 2.54 bits per heavy atom. The maximum Gasteiger partial charge on any atom is 0.241 e. The molecule has 8 nitrogen and oxygen atoms in total. The minimum Gasteiger partial charge on any atom is -0.366 e. The number of piperidine rings is 1. The second-order valence-corrected chi connectivity index (χ2v) is 9.62. The molecule has 4 aromatic rings. The highest BCUT2D eigenvalue weighted by Crippen LogP contribution is 2.32. The number of anilines is 3. The lowest BCUT2D eigenvalue weighted by atomic mass is 9.89. The normalized spacial score (nSPS) is 16.4. The van der Waals surface area contributed by atoms with Crippen LogP contribution in [-0.4, -0.2) is 50.0 Å². The molecule has 3 N–H and O–H groups in total. The van der Waals surface area contributed by atoms with Gasteiger partial charge in [-0.05, 0) is 93.0 Å². The lowest BCUT2D eigenvalue weighted by Crippen LogP contribution is -2.29. The quantitative estimate of drug-likeness (QED) is 0.461. The number of nitrogen functional groups attached to an aromatic ring is 1. The highest BCUT2D eigenvalue weighted by Gasteiger charge is 2.20. The van der Waals surface area contributed by atoms with Gasteiger partial charge in [0.05, 0.1) is 5.69 Å². The SMILES string of the molecule is CN1CCC(c2ccc(Nc3nc(N)nn3-c3cc4c(nn3)-c3ccccc3CCC4)cc2)CC1. The molecule has 6 rings (SSSR count). The fourth-order valence-electron chi connectivity index (χ4n) is 5.26. The third-order valence-electron chi connectivity index (χ3n) is 7.22. The topological polar surface area (TPSA) is 97.8 Å². The molecule has 35 heavy (non-hydrogen) atoms. The van der Waals surface area contributed by atoms with Crippen LogP contribution < -0.4 is 11.1 Å². The zero-order valence-corrected chi connectivity index (χ0v) is 20.0. The molecule has 2 aliphatic rings. The molecule has 1 saturated heterocycles. The number of nitrogens with zero attached hydrogens (tertiary/aromatic N) is 6. The van der Waals surface area contributed by atoms with Crippen LogP contribution in [0.15, 0.2) is 54.6 Å². The molecule has 0 bridgehead atoms. The number of hydrogen-bond donors (Lipinski definition) is 2. The van der Waals surface area contributed by atoms with Crippen molar-refractivity contribution >= 4 is 17.6 Å². The number of aryl methyl sites for hydroxylation is 2. The Bertz CT molecular complexity index is 1340. The second-order valence-electron chi connectivity index (χ2n) is 9.62. The van der Waals surface area contributed by atoms with Crippen LogP contribution in [0.2, 0.25) is 0 Å². The van der Waals surface area contributed by atoms with E-state index in [-0.39, 0.29) is 5.95 Å². The Labute approximate surface area is 205 Å². The van der Waals surface area contributed by atoms with Gasteiger partial charge in [0.2, 0.25) is 11.9 Å². The minimum absolute atomic E-state index is 0.192. The van der Waals surface area contributed by atoms with Crippen molar-refractivity contribution in [3.63, 3.8) is 0 Å². The van der Waals surface area contributed by atoms with E-state index in [0.29, 0.717) is 17.7 Å². The van der Waals surface area contributed by atoms with E-state index in [0.717, 1.165) is 43.7 Å². The van der Waals surface area contributed by atoms with E-state index in [1.165, 1.54) is 35.1 Å². The summed E-state index contributed by atoms with van der Waals surface area (Å²) in [5, 5.41) is 16.9. The molecule has 0 saturated carbocycles. The summed E-state index contributed by atoms with van der Waals surface area (Å²) in [6, 6.07) is 19.1. The van der Waals surface area contributed by atoms with Crippen molar-refractivity contribution in [2.45, 2.75) is 38.0 Å². The molecule has 0 radical (unpaired) electrons. The van der Waals surface area contributed by atoms with Crippen LogP contribution in [0.3, 0.4) is 0 Å². The average Bonchev–Trinajstić information content (AvgIpc) is 3.14. The summed E-state index contributed by atoms with van der Waals surface area (Å²) in [5.41, 5.74) is 12.9. The molecule has 0 atom stereocenters. The summed E-state index contributed by atoms with van der Waals surface area (Å²) in [4.78, 5) is 6.81. The zero-order valence-electron chi connectivity index (χ0n) is 20.0. The Morgan fingerprint density at radius 2 is 1.71 bits per heavy atom. The van der Waals surface area contributed by atoms with Crippen molar-refractivity contribution in [3.05, 3.63) is 71.3 Å². The summed E-state index contributed by atoms with van der Waals surface area (Å²) in [7, 11) is 2.19. The van der Waals surface area contributed by atoms with Gasteiger partial charge in [0.1, 0.15) is 0 Å².